The van der Waals surface area contributed by atoms with E-state index in [-0.39, 0.29) is 5.41 Å². The third-order valence-corrected chi connectivity index (χ3v) is 6.94. The SMILES string of the molecule is CC(CCC(C)(C)c1cccc2cccn12)C(C)c1nc2nccnc2s1. The Kier molecular flexibility index (Phi) is 4.72. The van der Waals surface area contributed by atoms with Gasteiger partial charge in [0.1, 0.15) is 5.01 Å². The molecule has 0 saturated heterocycles. The number of rotatable bonds is 6. The number of pyridine rings is 1. The highest BCUT2D eigenvalue weighted by Gasteiger charge is 2.26. The van der Waals surface area contributed by atoms with Crippen molar-refractivity contribution in [2.75, 3.05) is 0 Å². The molecule has 140 valence electrons. The van der Waals surface area contributed by atoms with E-state index in [1.54, 1.807) is 23.7 Å². The molecule has 0 aromatic carbocycles. The van der Waals surface area contributed by atoms with E-state index in [4.69, 9.17) is 4.98 Å². The van der Waals surface area contributed by atoms with Crippen LogP contribution in [0.25, 0.3) is 16.0 Å². The normalized spacial score (nSPS) is 14.7. The Labute approximate surface area is 164 Å². The Morgan fingerprint density at radius 3 is 2.67 bits per heavy atom. The summed E-state index contributed by atoms with van der Waals surface area (Å²) >= 11 is 1.68. The first-order valence-corrected chi connectivity index (χ1v) is 10.4. The lowest BCUT2D eigenvalue weighted by Crippen LogP contribution is -2.22. The number of hydrogen-bond acceptors (Lipinski definition) is 4. The van der Waals surface area contributed by atoms with Crippen LogP contribution in [0.15, 0.2) is 48.9 Å². The second-order valence-electron chi connectivity index (χ2n) is 8.14. The quantitative estimate of drug-likeness (QED) is 0.423. The van der Waals surface area contributed by atoms with Gasteiger partial charge in [-0.05, 0) is 43.0 Å². The molecule has 4 nitrogen and oxygen atoms in total. The lowest BCUT2D eigenvalue weighted by molar-refractivity contribution is 0.362. The number of aromatic nitrogens is 4. The van der Waals surface area contributed by atoms with Crippen molar-refractivity contribution in [2.45, 2.75) is 51.9 Å². The van der Waals surface area contributed by atoms with Gasteiger partial charge in [0.25, 0.3) is 0 Å². The second-order valence-corrected chi connectivity index (χ2v) is 9.15. The molecule has 4 heterocycles. The van der Waals surface area contributed by atoms with E-state index in [1.807, 2.05) is 0 Å². The molecule has 0 spiro atoms. The molecule has 0 radical (unpaired) electrons. The molecule has 0 amide bonds. The van der Waals surface area contributed by atoms with Gasteiger partial charge in [-0.1, -0.05) is 45.1 Å². The van der Waals surface area contributed by atoms with Crippen LogP contribution in [0.2, 0.25) is 0 Å². The Balaban J connectivity index is 1.49. The summed E-state index contributed by atoms with van der Waals surface area (Å²) in [6.45, 7) is 9.32. The van der Waals surface area contributed by atoms with E-state index in [2.05, 4.69) is 78.6 Å². The van der Waals surface area contributed by atoms with Crippen LogP contribution in [0, 0.1) is 5.92 Å². The summed E-state index contributed by atoms with van der Waals surface area (Å²) in [6.07, 6.45) is 7.91. The monoisotopic (exact) mass is 378 g/mol. The molecule has 0 aliphatic heterocycles. The van der Waals surface area contributed by atoms with Crippen molar-refractivity contribution in [3.8, 4) is 0 Å². The average molecular weight is 379 g/mol. The largest absolute Gasteiger partial charge is 0.320 e. The van der Waals surface area contributed by atoms with E-state index in [9.17, 15) is 0 Å². The van der Waals surface area contributed by atoms with Gasteiger partial charge in [0, 0.05) is 41.1 Å². The highest BCUT2D eigenvalue weighted by Crippen LogP contribution is 2.36. The smallest absolute Gasteiger partial charge is 0.189 e. The van der Waals surface area contributed by atoms with Gasteiger partial charge in [0.15, 0.2) is 10.5 Å². The summed E-state index contributed by atoms with van der Waals surface area (Å²) in [6, 6.07) is 10.9. The molecule has 27 heavy (non-hydrogen) atoms. The maximum atomic E-state index is 4.71. The maximum Gasteiger partial charge on any atom is 0.189 e. The predicted molar refractivity (Wildman–Crippen MR) is 112 cm³/mol. The molecule has 0 saturated carbocycles. The van der Waals surface area contributed by atoms with Crippen LogP contribution >= 0.6 is 11.3 Å². The topological polar surface area (TPSA) is 43.1 Å². The highest BCUT2D eigenvalue weighted by molar-refractivity contribution is 7.18. The van der Waals surface area contributed by atoms with Gasteiger partial charge in [-0.2, -0.15) is 0 Å². The molecular formula is C22H26N4S. The standard InChI is InChI=1S/C22H26N4S/c1-15(16(2)20-25-19-21(27-20)24-13-12-23-19)10-11-22(3,4)18-9-5-7-17-8-6-14-26(17)18/h5-9,12-16H,10-11H2,1-4H3. The Hall–Kier alpha value is -2.27. The third kappa shape index (κ3) is 3.48. The number of thiazole rings is 1. The lowest BCUT2D eigenvalue weighted by atomic mass is 9.79. The van der Waals surface area contributed by atoms with E-state index >= 15 is 0 Å². The molecule has 0 N–H and O–H groups in total. The Morgan fingerprint density at radius 1 is 1.07 bits per heavy atom. The molecule has 5 heteroatoms. The van der Waals surface area contributed by atoms with E-state index in [0.717, 1.165) is 28.3 Å². The summed E-state index contributed by atoms with van der Waals surface area (Å²) in [5, 5.41) is 1.15. The molecule has 0 aliphatic carbocycles. The van der Waals surface area contributed by atoms with Crippen LogP contribution in [0.1, 0.15) is 57.2 Å². The first kappa shape index (κ1) is 18.1. The van der Waals surface area contributed by atoms with Crippen molar-refractivity contribution in [1.29, 1.82) is 0 Å². The average Bonchev–Trinajstić information content (AvgIpc) is 3.31. The fourth-order valence-electron chi connectivity index (χ4n) is 3.72. The van der Waals surface area contributed by atoms with Gasteiger partial charge in [0.2, 0.25) is 0 Å². The van der Waals surface area contributed by atoms with Gasteiger partial charge in [-0.15, -0.1) is 0 Å². The molecule has 0 aliphatic rings. The molecule has 0 fully saturated rings. The van der Waals surface area contributed by atoms with Crippen LogP contribution in [-0.4, -0.2) is 19.4 Å². The van der Waals surface area contributed by atoms with Gasteiger partial charge in [-0.3, -0.25) is 0 Å². The van der Waals surface area contributed by atoms with Crippen molar-refractivity contribution in [3.63, 3.8) is 0 Å². The van der Waals surface area contributed by atoms with Gasteiger partial charge in [0.05, 0.1) is 0 Å². The highest BCUT2D eigenvalue weighted by atomic mass is 32.1. The fourth-order valence-corrected chi connectivity index (χ4v) is 4.77. The van der Waals surface area contributed by atoms with Gasteiger partial charge >= 0.3 is 0 Å². The van der Waals surface area contributed by atoms with Crippen molar-refractivity contribution in [3.05, 3.63) is 59.6 Å². The van der Waals surface area contributed by atoms with Gasteiger partial charge in [-0.25, -0.2) is 15.0 Å². The van der Waals surface area contributed by atoms with Crippen LogP contribution < -0.4 is 0 Å². The summed E-state index contributed by atoms with van der Waals surface area (Å²) in [5.74, 6) is 0.956. The fraction of sp³-hybridized carbons (Fsp3) is 0.409. The Bertz CT molecular complexity index is 1030. The number of hydrogen-bond donors (Lipinski definition) is 0. The zero-order valence-corrected chi connectivity index (χ0v) is 17.2. The van der Waals surface area contributed by atoms with Crippen LogP contribution in [0.4, 0.5) is 0 Å². The number of nitrogens with zero attached hydrogens (tertiary/aromatic N) is 4. The lowest BCUT2D eigenvalue weighted by Gasteiger charge is -2.29. The van der Waals surface area contributed by atoms with Crippen LogP contribution in [0.3, 0.4) is 0 Å². The molecule has 4 rings (SSSR count). The maximum absolute atomic E-state index is 4.71. The first-order valence-electron chi connectivity index (χ1n) is 9.60. The second kappa shape index (κ2) is 7.04. The van der Waals surface area contributed by atoms with E-state index < -0.39 is 0 Å². The third-order valence-electron chi connectivity index (χ3n) is 5.79. The van der Waals surface area contributed by atoms with E-state index in [0.29, 0.717) is 11.8 Å². The summed E-state index contributed by atoms with van der Waals surface area (Å²) in [7, 11) is 0. The number of fused-ring (bicyclic) bond motifs is 2. The molecule has 2 unspecified atom stereocenters. The van der Waals surface area contributed by atoms with Crippen LogP contribution in [-0.2, 0) is 5.41 Å². The zero-order chi connectivity index (χ0) is 19.0. The van der Waals surface area contributed by atoms with Crippen molar-refractivity contribution >= 4 is 27.3 Å². The van der Waals surface area contributed by atoms with Crippen molar-refractivity contribution in [1.82, 2.24) is 19.4 Å². The molecular weight excluding hydrogens is 352 g/mol. The van der Waals surface area contributed by atoms with Crippen molar-refractivity contribution < 1.29 is 0 Å². The predicted octanol–water partition coefficient (Wildman–Crippen LogP) is 5.84. The van der Waals surface area contributed by atoms with Gasteiger partial charge < -0.3 is 4.40 Å². The molecule has 2 atom stereocenters. The minimum Gasteiger partial charge on any atom is -0.320 e. The van der Waals surface area contributed by atoms with E-state index in [1.165, 1.54) is 11.2 Å². The molecule has 4 aromatic heterocycles. The first-order chi connectivity index (χ1) is 13.0. The Morgan fingerprint density at radius 2 is 1.85 bits per heavy atom. The molecule has 0 bridgehead atoms. The minimum atomic E-state index is 0.114. The summed E-state index contributed by atoms with van der Waals surface area (Å²) in [4.78, 5) is 14.4. The van der Waals surface area contributed by atoms with Crippen molar-refractivity contribution in [2.24, 2.45) is 5.92 Å². The van der Waals surface area contributed by atoms with Crippen LogP contribution in [0.5, 0.6) is 0 Å². The molecule has 4 aromatic rings. The summed E-state index contributed by atoms with van der Waals surface area (Å²) in [5.41, 5.74) is 3.52. The zero-order valence-electron chi connectivity index (χ0n) is 16.4. The summed E-state index contributed by atoms with van der Waals surface area (Å²) < 4.78 is 2.32. The minimum absolute atomic E-state index is 0.114.